The van der Waals surface area contributed by atoms with Crippen LogP contribution in [-0.2, 0) is 10.0 Å². The minimum Gasteiger partial charge on any atom is -0.398 e. The van der Waals surface area contributed by atoms with Gasteiger partial charge < -0.3 is 5.73 Å². The highest BCUT2D eigenvalue weighted by molar-refractivity contribution is 7.89. The molecule has 0 aromatic heterocycles. The van der Waals surface area contributed by atoms with Gasteiger partial charge in [-0.15, -0.1) is 0 Å². The fourth-order valence-electron chi connectivity index (χ4n) is 2.51. The highest BCUT2D eigenvalue weighted by atomic mass is 35.5. The van der Waals surface area contributed by atoms with Gasteiger partial charge in [0.1, 0.15) is 4.90 Å². The maximum Gasteiger partial charge on any atom is 0.244 e. The molecule has 0 aliphatic heterocycles. The van der Waals surface area contributed by atoms with Crippen molar-refractivity contribution in [3.8, 4) is 0 Å². The number of nitrogens with one attached hydrogen (secondary N) is 1. The Kier molecular flexibility index (Phi) is 3.16. The van der Waals surface area contributed by atoms with Gasteiger partial charge in [0.25, 0.3) is 0 Å². The van der Waals surface area contributed by atoms with Gasteiger partial charge in [-0.3, -0.25) is 0 Å². The number of anilines is 1. The van der Waals surface area contributed by atoms with Crippen molar-refractivity contribution in [2.75, 3.05) is 5.73 Å². The third-order valence-corrected chi connectivity index (χ3v) is 6.53. The summed E-state index contributed by atoms with van der Waals surface area (Å²) in [6.07, 6.45) is 0. The predicted octanol–water partition coefficient (Wildman–Crippen LogP) is 2.64. The fourth-order valence-corrected chi connectivity index (χ4v) is 4.72. The summed E-state index contributed by atoms with van der Waals surface area (Å²) in [6.45, 7) is 8.15. The Bertz CT molecular complexity index is 589. The summed E-state index contributed by atoms with van der Waals surface area (Å²) in [5.41, 5.74) is 5.72. The first kappa shape index (κ1) is 14.6. The fraction of sp³-hybridized carbons (Fsp3) is 0.538. The number of sulfonamides is 1. The molecule has 4 nitrogen and oxygen atoms in total. The van der Waals surface area contributed by atoms with Crippen molar-refractivity contribution in [3.63, 3.8) is 0 Å². The highest BCUT2D eigenvalue weighted by Crippen LogP contribution is 2.63. The van der Waals surface area contributed by atoms with Crippen LogP contribution >= 0.6 is 11.6 Å². The van der Waals surface area contributed by atoms with Gasteiger partial charge in [0.05, 0.1) is 10.7 Å². The molecule has 0 saturated heterocycles. The summed E-state index contributed by atoms with van der Waals surface area (Å²) in [5, 5.41) is 0.142. The molecular formula is C13H19ClN2O2S. The molecule has 0 bridgehead atoms. The number of rotatable bonds is 3. The largest absolute Gasteiger partial charge is 0.398 e. The van der Waals surface area contributed by atoms with E-state index in [1.54, 1.807) is 6.07 Å². The molecule has 0 spiro atoms. The quantitative estimate of drug-likeness (QED) is 0.843. The van der Waals surface area contributed by atoms with Crippen LogP contribution in [0.5, 0.6) is 0 Å². The molecule has 1 saturated carbocycles. The SMILES string of the molecule is CC1(C)C(NS(=O)(=O)c2c(N)cccc2Cl)C1(C)C. The van der Waals surface area contributed by atoms with E-state index in [4.69, 9.17) is 17.3 Å². The van der Waals surface area contributed by atoms with Gasteiger partial charge in [0.2, 0.25) is 10.0 Å². The predicted molar refractivity (Wildman–Crippen MR) is 77.5 cm³/mol. The lowest BCUT2D eigenvalue weighted by molar-refractivity contribution is 0.457. The molecule has 0 atom stereocenters. The molecule has 0 heterocycles. The smallest absolute Gasteiger partial charge is 0.244 e. The van der Waals surface area contributed by atoms with Crippen LogP contribution in [0.15, 0.2) is 23.1 Å². The second kappa shape index (κ2) is 4.11. The van der Waals surface area contributed by atoms with Crippen LogP contribution < -0.4 is 10.5 Å². The van der Waals surface area contributed by atoms with E-state index >= 15 is 0 Å². The van der Waals surface area contributed by atoms with Crippen molar-refractivity contribution in [2.24, 2.45) is 10.8 Å². The zero-order valence-corrected chi connectivity index (χ0v) is 13.1. The molecule has 106 valence electrons. The van der Waals surface area contributed by atoms with Crippen LogP contribution in [0.25, 0.3) is 0 Å². The van der Waals surface area contributed by atoms with Gasteiger partial charge >= 0.3 is 0 Å². The topological polar surface area (TPSA) is 72.2 Å². The number of nitrogens with two attached hydrogens (primary N) is 1. The van der Waals surface area contributed by atoms with Crippen molar-refractivity contribution in [1.82, 2.24) is 4.72 Å². The first-order valence-corrected chi connectivity index (χ1v) is 7.94. The van der Waals surface area contributed by atoms with Gasteiger partial charge in [-0.25, -0.2) is 13.1 Å². The molecular weight excluding hydrogens is 284 g/mol. The molecule has 19 heavy (non-hydrogen) atoms. The Balaban J connectivity index is 2.36. The number of halogens is 1. The number of hydrogen-bond acceptors (Lipinski definition) is 3. The van der Waals surface area contributed by atoms with E-state index in [1.807, 2.05) is 27.7 Å². The zero-order valence-electron chi connectivity index (χ0n) is 11.5. The Morgan fingerprint density at radius 1 is 1.21 bits per heavy atom. The van der Waals surface area contributed by atoms with Gasteiger partial charge in [-0.05, 0) is 23.0 Å². The zero-order chi connectivity index (χ0) is 14.6. The Hall–Kier alpha value is -0.780. The maximum atomic E-state index is 12.4. The molecule has 0 amide bonds. The standard InChI is InChI=1S/C13H19ClN2O2S/c1-12(2)11(13(12,3)4)16-19(17,18)10-8(14)6-5-7-9(10)15/h5-7,11,16H,15H2,1-4H3. The molecule has 2 rings (SSSR count). The van der Waals surface area contributed by atoms with Gasteiger partial charge in [0, 0.05) is 6.04 Å². The lowest BCUT2D eigenvalue weighted by Crippen LogP contribution is -2.30. The van der Waals surface area contributed by atoms with Crippen LogP contribution in [0.4, 0.5) is 5.69 Å². The molecule has 1 aliphatic rings. The van der Waals surface area contributed by atoms with E-state index in [0.717, 1.165) is 0 Å². The van der Waals surface area contributed by atoms with Gasteiger partial charge in [-0.2, -0.15) is 0 Å². The molecule has 1 aliphatic carbocycles. The van der Waals surface area contributed by atoms with E-state index in [-0.39, 0.29) is 32.5 Å². The average molecular weight is 303 g/mol. The Morgan fingerprint density at radius 2 is 1.74 bits per heavy atom. The molecule has 1 aromatic carbocycles. The van der Waals surface area contributed by atoms with Crippen molar-refractivity contribution < 1.29 is 8.42 Å². The number of nitrogen functional groups attached to an aromatic ring is 1. The van der Waals surface area contributed by atoms with Crippen LogP contribution in [0.1, 0.15) is 27.7 Å². The Morgan fingerprint density at radius 3 is 2.16 bits per heavy atom. The number of hydrogen-bond donors (Lipinski definition) is 2. The van der Waals surface area contributed by atoms with E-state index in [9.17, 15) is 8.42 Å². The molecule has 1 fully saturated rings. The third-order valence-electron chi connectivity index (χ3n) is 4.56. The lowest BCUT2D eigenvalue weighted by atomic mass is 10.0. The van der Waals surface area contributed by atoms with Crippen LogP contribution in [0, 0.1) is 10.8 Å². The Labute approximate surface area is 119 Å². The lowest BCUT2D eigenvalue weighted by Gasteiger charge is -2.11. The van der Waals surface area contributed by atoms with Crippen LogP contribution in [0.2, 0.25) is 5.02 Å². The molecule has 0 radical (unpaired) electrons. The monoisotopic (exact) mass is 302 g/mol. The first-order valence-electron chi connectivity index (χ1n) is 6.08. The molecule has 0 unspecified atom stereocenters. The normalized spacial score (nSPS) is 21.3. The minimum absolute atomic E-state index is 0.0323. The van der Waals surface area contributed by atoms with Crippen molar-refractivity contribution in [2.45, 2.75) is 38.6 Å². The van der Waals surface area contributed by atoms with E-state index < -0.39 is 10.0 Å². The van der Waals surface area contributed by atoms with E-state index in [2.05, 4.69) is 4.72 Å². The second-order valence-electron chi connectivity index (χ2n) is 6.16. The average Bonchev–Trinajstić information content (AvgIpc) is 2.59. The van der Waals surface area contributed by atoms with E-state index in [0.29, 0.717) is 0 Å². The number of benzene rings is 1. The maximum absolute atomic E-state index is 12.4. The van der Waals surface area contributed by atoms with Crippen LogP contribution in [0.3, 0.4) is 0 Å². The second-order valence-corrected chi connectivity index (χ2v) is 8.21. The molecule has 3 N–H and O–H groups in total. The summed E-state index contributed by atoms with van der Waals surface area (Å²) in [7, 11) is -3.71. The van der Waals surface area contributed by atoms with Crippen molar-refractivity contribution in [3.05, 3.63) is 23.2 Å². The third kappa shape index (κ3) is 2.14. The van der Waals surface area contributed by atoms with Gasteiger partial charge in [0.15, 0.2) is 0 Å². The minimum atomic E-state index is -3.71. The summed E-state index contributed by atoms with van der Waals surface area (Å²) in [4.78, 5) is -0.0323. The van der Waals surface area contributed by atoms with Crippen molar-refractivity contribution in [1.29, 1.82) is 0 Å². The molecule has 1 aromatic rings. The van der Waals surface area contributed by atoms with Crippen LogP contribution in [-0.4, -0.2) is 14.5 Å². The summed E-state index contributed by atoms with van der Waals surface area (Å²) in [5.74, 6) is 0. The van der Waals surface area contributed by atoms with Crippen molar-refractivity contribution >= 4 is 27.3 Å². The summed E-state index contributed by atoms with van der Waals surface area (Å²) in [6, 6.07) is 4.56. The first-order chi connectivity index (χ1) is 8.52. The summed E-state index contributed by atoms with van der Waals surface area (Å²) < 4.78 is 27.6. The van der Waals surface area contributed by atoms with Gasteiger partial charge in [-0.1, -0.05) is 45.4 Å². The van der Waals surface area contributed by atoms with E-state index in [1.165, 1.54) is 12.1 Å². The highest BCUT2D eigenvalue weighted by Gasteiger charge is 2.66. The summed E-state index contributed by atoms with van der Waals surface area (Å²) >= 11 is 5.96. The molecule has 6 heteroatoms.